The van der Waals surface area contributed by atoms with Crippen LogP contribution in [0.25, 0.3) is 0 Å². The largest absolute Gasteiger partial charge is 0.352 e. The van der Waals surface area contributed by atoms with Gasteiger partial charge >= 0.3 is 0 Å². The van der Waals surface area contributed by atoms with Crippen molar-refractivity contribution in [1.82, 2.24) is 20.4 Å². The molecule has 1 fully saturated rings. The molecule has 6 heteroatoms. The summed E-state index contributed by atoms with van der Waals surface area (Å²) in [7, 11) is 3.87. The van der Waals surface area contributed by atoms with Gasteiger partial charge in [0.05, 0.1) is 12.2 Å². The van der Waals surface area contributed by atoms with Gasteiger partial charge in [0, 0.05) is 38.3 Å². The van der Waals surface area contributed by atoms with Crippen molar-refractivity contribution in [3.63, 3.8) is 0 Å². The Kier molecular flexibility index (Phi) is 4.88. The lowest BCUT2D eigenvalue weighted by molar-refractivity contribution is -0.120. The number of amides is 1. The summed E-state index contributed by atoms with van der Waals surface area (Å²) >= 11 is 0. The van der Waals surface area contributed by atoms with Gasteiger partial charge in [-0.25, -0.2) is 0 Å². The van der Waals surface area contributed by atoms with Crippen LogP contribution < -0.4 is 15.5 Å². The van der Waals surface area contributed by atoms with Gasteiger partial charge in [-0.2, -0.15) is 5.10 Å². The molecule has 0 spiro atoms. The summed E-state index contributed by atoms with van der Waals surface area (Å²) in [5.41, 5.74) is 2.21. The molecule has 2 rings (SSSR count). The van der Waals surface area contributed by atoms with E-state index in [9.17, 15) is 4.79 Å². The third-order valence-electron chi connectivity index (χ3n) is 3.65. The second kappa shape index (κ2) is 6.47. The van der Waals surface area contributed by atoms with Gasteiger partial charge in [-0.05, 0) is 33.6 Å². The Morgan fingerprint density at radius 2 is 2.14 bits per heavy atom. The highest BCUT2D eigenvalue weighted by molar-refractivity contribution is 5.81. The fraction of sp³-hybridized carbons (Fsp3) is 0.733. The summed E-state index contributed by atoms with van der Waals surface area (Å²) < 4.78 is 1.86. The molecule has 118 valence electrons. The van der Waals surface area contributed by atoms with Crippen LogP contribution in [0.3, 0.4) is 0 Å². The molecule has 0 saturated heterocycles. The summed E-state index contributed by atoms with van der Waals surface area (Å²) in [5, 5.41) is 11.0. The van der Waals surface area contributed by atoms with E-state index >= 15 is 0 Å². The van der Waals surface area contributed by atoms with Crippen molar-refractivity contribution < 1.29 is 4.79 Å². The van der Waals surface area contributed by atoms with Crippen LogP contribution in [0.1, 0.15) is 37.9 Å². The maximum atomic E-state index is 11.9. The van der Waals surface area contributed by atoms with E-state index in [1.807, 2.05) is 44.4 Å². The first kappa shape index (κ1) is 15.8. The van der Waals surface area contributed by atoms with Crippen LogP contribution in [0.4, 0.5) is 5.82 Å². The van der Waals surface area contributed by atoms with Crippen LogP contribution in [-0.2, 0) is 18.4 Å². The zero-order valence-electron chi connectivity index (χ0n) is 13.7. The third-order valence-corrected chi connectivity index (χ3v) is 3.65. The van der Waals surface area contributed by atoms with Crippen molar-refractivity contribution in [2.75, 3.05) is 18.5 Å². The average Bonchev–Trinajstić information content (AvgIpc) is 3.11. The Morgan fingerprint density at radius 1 is 1.48 bits per heavy atom. The maximum Gasteiger partial charge on any atom is 0.239 e. The molecular formula is C15H27N5O. The number of carbonyl (C=O) groups is 1. The number of carbonyl (C=O) groups excluding carboxylic acids is 1. The van der Waals surface area contributed by atoms with Crippen LogP contribution in [-0.4, -0.2) is 41.4 Å². The number of nitrogens with one attached hydrogen (secondary N) is 2. The lowest BCUT2D eigenvalue weighted by Crippen LogP contribution is -2.39. The normalized spacial score (nSPS) is 14.6. The molecule has 0 bridgehead atoms. The lowest BCUT2D eigenvalue weighted by atomic mass is 10.2. The Morgan fingerprint density at radius 3 is 2.71 bits per heavy atom. The molecule has 21 heavy (non-hydrogen) atoms. The molecule has 1 aliphatic rings. The van der Waals surface area contributed by atoms with Gasteiger partial charge in [0.2, 0.25) is 5.91 Å². The van der Waals surface area contributed by atoms with Crippen LogP contribution >= 0.6 is 0 Å². The molecule has 2 N–H and O–H groups in total. The molecule has 0 aromatic carbocycles. The van der Waals surface area contributed by atoms with E-state index in [2.05, 4.69) is 15.7 Å². The highest BCUT2D eigenvalue weighted by Crippen LogP contribution is 2.25. The standard InChI is InChI=1S/C15H27N5O/c1-10(2)17-14(21)9-19(4)15-13(8-16-12-6-7-12)11(3)18-20(15)5/h10,12,16H,6-9H2,1-5H3,(H,17,21). The second-order valence-corrected chi connectivity index (χ2v) is 6.24. The molecule has 0 atom stereocenters. The smallest absolute Gasteiger partial charge is 0.239 e. The summed E-state index contributed by atoms with van der Waals surface area (Å²) in [4.78, 5) is 13.9. The minimum absolute atomic E-state index is 0.0347. The molecule has 1 aliphatic carbocycles. The van der Waals surface area contributed by atoms with Gasteiger partial charge in [-0.3, -0.25) is 9.48 Å². The van der Waals surface area contributed by atoms with Crippen LogP contribution in [0.5, 0.6) is 0 Å². The zero-order valence-corrected chi connectivity index (χ0v) is 13.7. The van der Waals surface area contributed by atoms with Crippen molar-refractivity contribution in [3.05, 3.63) is 11.3 Å². The van der Waals surface area contributed by atoms with E-state index in [-0.39, 0.29) is 11.9 Å². The van der Waals surface area contributed by atoms with Gasteiger partial charge in [0.25, 0.3) is 0 Å². The number of aromatic nitrogens is 2. The van der Waals surface area contributed by atoms with E-state index in [4.69, 9.17) is 0 Å². The lowest BCUT2D eigenvalue weighted by Gasteiger charge is -2.21. The number of hydrogen-bond acceptors (Lipinski definition) is 4. The van der Waals surface area contributed by atoms with E-state index < -0.39 is 0 Å². The summed E-state index contributed by atoms with van der Waals surface area (Å²) in [5.74, 6) is 1.05. The van der Waals surface area contributed by atoms with Crippen molar-refractivity contribution in [2.24, 2.45) is 7.05 Å². The van der Waals surface area contributed by atoms with Gasteiger partial charge in [-0.15, -0.1) is 0 Å². The average molecular weight is 293 g/mol. The Bertz CT molecular complexity index is 504. The molecule has 1 aromatic heterocycles. The van der Waals surface area contributed by atoms with Crippen LogP contribution in [0.2, 0.25) is 0 Å². The Hall–Kier alpha value is -1.56. The second-order valence-electron chi connectivity index (χ2n) is 6.24. The molecular weight excluding hydrogens is 266 g/mol. The van der Waals surface area contributed by atoms with Gasteiger partial charge in [0.15, 0.2) is 0 Å². The van der Waals surface area contributed by atoms with E-state index in [1.54, 1.807) is 0 Å². The number of anilines is 1. The predicted molar refractivity (Wildman–Crippen MR) is 84.4 cm³/mol. The van der Waals surface area contributed by atoms with Gasteiger partial charge < -0.3 is 15.5 Å². The number of hydrogen-bond donors (Lipinski definition) is 2. The predicted octanol–water partition coefficient (Wildman–Crippen LogP) is 0.941. The first-order valence-electron chi connectivity index (χ1n) is 7.64. The number of likely N-dealkylation sites (N-methyl/N-ethyl adjacent to an activating group) is 1. The van der Waals surface area contributed by atoms with Gasteiger partial charge in [0.1, 0.15) is 5.82 Å². The van der Waals surface area contributed by atoms with Crippen molar-refractivity contribution in [3.8, 4) is 0 Å². The third kappa shape index (κ3) is 4.20. The Balaban J connectivity index is 2.07. The number of rotatable bonds is 7. The molecule has 0 aliphatic heterocycles. The fourth-order valence-corrected chi connectivity index (χ4v) is 2.57. The minimum Gasteiger partial charge on any atom is -0.352 e. The molecule has 6 nitrogen and oxygen atoms in total. The van der Waals surface area contributed by atoms with E-state index in [0.29, 0.717) is 12.6 Å². The SMILES string of the molecule is Cc1nn(C)c(N(C)CC(=O)NC(C)C)c1CNC1CC1. The summed E-state index contributed by atoms with van der Waals surface area (Å²) in [6.07, 6.45) is 2.53. The molecule has 0 unspecified atom stereocenters. The highest BCUT2D eigenvalue weighted by Gasteiger charge is 2.23. The van der Waals surface area contributed by atoms with Crippen LogP contribution in [0.15, 0.2) is 0 Å². The zero-order chi connectivity index (χ0) is 15.6. The van der Waals surface area contributed by atoms with Gasteiger partial charge in [-0.1, -0.05) is 0 Å². The van der Waals surface area contributed by atoms with Crippen LogP contribution in [0, 0.1) is 6.92 Å². The topological polar surface area (TPSA) is 62.2 Å². The van der Waals surface area contributed by atoms with Crippen molar-refractivity contribution in [1.29, 1.82) is 0 Å². The summed E-state index contributed by atoms with van der Waals surface area (Å²) in [6, 6.07) is 0.821. The molecule has 1 aromatic rings. The highest BCUT2D eigenvalue weighted by atomic mass is 16.2. The van der Waals surface area contributed by atoms with Crippen molar-refractivity contribution >= 4 is 11.7 Å². The fourth-order valence-electron chi connectivity index (χ4n) is 2.57. The minimum atomic E-state index is 0.0347. The first-order chi connectivity index (χ1) is 9.88. The Labute approximate surface area is 126 Å². The summed E-state index contributed by atoms with van der Waals surface area (Å²) in [6.45, 7) is 7.12. The van der Waals surface area contributed by atoms with E-state index in [1.165, 1.54) is 18.4 Å². The molecule has 0 radical (unpaired) electrons. The molecule has 1 heterocycles. The molecule has 1 amide bonds. The van der Waals surface area contributed by atoms with E-state index in [0.717, 1.165) is 18.1 Å². The first-order valence-corrected chi connectivity index (χ1v) is 7.64. The monoisotopic (exact) mass is 293 g/mol. The van der Waals surface area contributed by atoms with Crippen molar-refractivity contribution in [2.45, 2.75) is 52.2 Å². The maximum absolute atomic E-state index is 11.9. The number of aryl methyl sites for hydroxylation is 2. The quantitative estimate of drug-likeness (QED) is 0.785. The number of nitrogens with zero attached hydrogens (tertiary/aromatic N) is 3. The molecule has 1 saturated carbocycles.